The van der Waals surface area contributed by atoms with E-state index in [4.69, 9.17) is 0 Å². The first-order chi connectivity index (χ1) is 6.97. The number of rotatable bonds is 4. The van der Waals surface area contributed by atoms with Crippen molar-refractivity contribution in [2.75, 3.05) is 6.61 Å². The van der Waals surface area contributed by atoms with E-state index in [0.717, 1.165) is 24.1 Å². The van der Waals surface area contributed by atoms with Crippen molar-refractivity contribution >= 4 is 28.8 Å². The Morgan fingerprint density at radius 3 is 2.27 bits per heavy atom. The Hall–Kier alpha value is -1.30. The van der Waals surface area contributed by atoms with Crippen LogP contribution in [-0.2, 0) is 23.9 Å². The van der Waals surface area contributed by atoms with Crippen LogP contribution in [0.15, 0.2) is 11.2 Å². The van der Waals surface area contributed by atoms with Crippen LogP contribution in [0.3, 0.4) is 0 Å². The van der Waals surface area contributed by atoms with Crippen LogP contribution in [0.5, 0.6) is 0 Å². The molecule has 0 rings (SSSR count). The van der Waals surface area contributed by atoms with E-state index in [-0.39, 0.29) is 17.5 Å². The Labute approximate surface area is 91.8 Å². The number of hydrogen-bond donors (Lipinski definition) is 0. The first-order valence-electron chi connectivity index (χ1n) is 4.20. The van der Waals surface area contributed by atoms with Crippen LogP contribution in [0.25, 0.3) is 0 Å². The molecule has 0 atom stereocenters. The molecular weight excluding hydrogens is 220 g/mol. The third-order valence-corrected chi connectivity index (χ3v) is 1.73. The number of esters is 2. The molecule has 0 aromatic heterocycles. The minimum Gasteiger partial charge on any atom is -0.460 e. The van der Waals surface area contributed by atoms with Gasteiger partial charge < -0.3 is 9.47 Å². The third kappa shape index (κ3) is 6.73. The van der Waals surface area contributed by atoms with Gasteiger partial charge in [0.15, 0.2) is 5.12 Å². The van der Waals surface area contributed by atoms with E-state index in [2.05, 4.69) is 9.47 Å². The van der Waals surface area contributed by atoms with Crippen molar-refractivity contribution < 1.29 is 23.9 Å². The first-order valence-corrected chi connectivity index (χ1v) is 5.08. The summed E-state index contributed by atoms with van der Waals surface area (Å²) in [4.78, 5) is 32.5. The van der Waals surface area contributed by atoms with Crippen LogP contribution < -0.4 is 0 Å². The van der Waals surface area contributed by atoms with E-state index < -0.39 is 11.9 Å². The van der Waals surface area contributed by atoms with E-state index in [9.17, 15) is 14.4 Å². The second-order valence-electron chi connectivity index (χ2n) is 2.41. The number of carbonyl (C=O) groups is 3. The van der Waals surface area contributed by atoms with Gasteiger partial charge in [0.2, 0.25) is 5.76 Å². The van der Waals surface area contributed by atoms with Crippen LogP contribution in [0, 0.1) is 0 Å². The molecule has 15 heavy (non-hydrogen) atoms. The van der Waals surface area contributed by atoms with Gasteiger partial charge in [-0.15, -0.1) is 0 Å². The molecule has 0 saturated heterocycles. The maximum absolute atomic E-state index is 11.2. The average Bonchev–Trinajstić information content (AvgIpc) is 2.11. The molecule has 0 N–H and O–H groups in total. The van der Waals surface area contributed by atoms with E-state index in [0.29, 0.717) is 0 Å². The molecule has 0 radical (unpaired) electrons. The summed E-state index contributed by atoms with van der Waals surface area (Å²) in [7, 11) is 0. The normalized spacial score (nSPS) is 10.7. The molecular formula is C9H12O5S. The lowest BCUT2D eigenvalue weighted by molar-refractivity contribution is -0.149. The highest BCUT2D eigenvalue weighted by molar-refractivity contribution is 8.16. The predicted octanol–water partition coefficient (Wildman–Crippen LogP) is 1.23. The van der Waals surface area contributed by atoms with Crippen molar-refractivity contribution in [1.82, 2.24) is 0 Å². The molecule has 6 heteroatoms. The summed E-state index contributed by atoms with van der Waals surface area (Å²) in [6.45, 7) is 4.28. The second kappa shape index (κ2) is 7.05. The molecule has 5 nitrogen and oxygen atoms in total. The Morgan fingerprint density at radius 2 is 1.87 bits per heavy atom. The molecule has 0 aliphatic carbocycles. The van der Waals surface area contributed by atoms with Gasteiger partial charge in [0, 0.05) is 19.3 Å². The number of carbonyl (C=O) groups excluding carboxylic acids is 3. The zero-order valence-corrected chi connectivity index (χ0v) is 9.55. The number of hydrogen-bond acceptors (Lipinski definition) is 6. The topological polar surface area (TPSA) is 69.7 Å². The predicted molar refractivity (Wildman–Crippen MR) is 54.8 cm³/mol. The molecule has 0 fully saturated rings. The maximum Gasteiger partial charge on any atom is 0.374 e. The van der Waals surface area contributed by atoms with Crippen LogP contribution in [0.1, 0.15) is 20.8 Å². The van der Waals surface area contributed by atoms with Gasteiger partial charge in [0.05, 0.1) is 6.61 Å². The van der Waals surface area contributed by atoms with Crippen molar-refractivity contribution in [3.8, 4) is 0 Å². The molecule has 0 aromatic rings. The Kier molecular flexibility index (Phi) is 6.44. The van der Waals surface area contributed by atoms with Crippen molar-refractivity contribution in [2.45, 2.75) is 20.8 Å². The molecule has 0 heterocycles. The smallest absolute Gasteiger partial charge is 0.374 e. The van der Waals surface area contributed by atoms with Crippen LogP contribution in [-0.4, -0.2) is 23.7 Å². The minimum atomic E-state index is -0.763. The summed E-state index contributed by atoms with van der Waals surface area (Å²) in [6.07, 6.45) is 0. The van der Waals surface area contributed by atoms with Crippen molar-refractivity contribution in [3.63, 3.8) is 0 Å². The lowest BCUT2D eigenvalue weighted by Crippen LogP contribution is -2.12. The van der Waals surface area contributed by atoms with Gasteiger partial charge in [-0.1, -0.05) is 11.8 Å². The summed E-state index contributed by atoms with van der Waals surface area (Å²) < 4.78 is 9.22. The van der Waals surface area contributed by atoms with Crippen LogP contribution in [0.2, 0.25) is 0 Å². The monoisotopic (exact) mass is 232 g/mol. The van der Waals surface area contributed by atoms with Crippen molar-refractivity contribution in [1.29, 1.82) is 0 Å². The number of ether oxygens (including phenoxy) is 2. The summed E-state index contributed by atoms with van der Waals surface area (Å²) in [6, 6.07) is 0. The van der Waals surface area contributed by atoms with Gasteiger partial charge in [-0.05, 0) is 6.92 Å². The lowest BCUT2D eigenvalue weighted by atomic mass is 10.5. The summed E-state index contributed by atoms with van der Waals surface area (Å²) in [5.74, 6) is -1.68. The highest BCUT2D eigenvalue weighted by Crippen LogP contribution is 2.11. The maximum atomic E-state index is 11.2. The molecule has 0 amide bonds. The third-order valence-electron chi connectivity index (χ3n) is 1.06. The molecule has 0 aliphatic heterocycles. The van der Waals surface area contributed by atoms with E-state index in [1.807, 2.05) is 0 Å². The van der Waals surface area contributed by atoms with Gasteiger partial charge in [0.1, 0.15) is 0 Å². The summed E-state index contributed by atoms with van der Waals surface area (Å²) >= 11 is 0.757. The van der Waals surface area contributed by atoms with E-state index >= 15 is 0 Å². The van der Waals surface area contributed by atoms with Crippen molar-refractivity contribution in [3.05, 3.63) is 11.2 Å². The Morgan fingerprint density at radius 1 is 1.27 bits per heavy atom. The SMILES string of the molecule is CCOC(=O)C(=CSC(C)=O)OC(C)=O. The highest BCUT2D eigenvalue weighted by Gasteiger charge is 2.14. The quantitative estimate of drug-likeness (QED) is 0.412. The van der Waals surface area contributed by atoms with E-state index in [1.165, 1.54) is 6.92 Å². The first kappa shape index (κ1) is 13.7. The van der Waals surface area contributed by atoms with Gasteiger partial charge >= 0.3 is 11.9 Å². The zero-order valence-electron chi connectivity index (χ0n) is 8.73. The molecule has 0 unspecified atom stereocenters. The molecule has 0 aliphatic rings. The fourth-order valence-corrected chi connectivity index (χ4v) is 1.02. The molecule has 84 valence electrons. The van der Waals surface area contributed by atoms with Crippen molar-refractivity contribution in [2.24, 2.45) is 0 Å². The molecule has 0 spiro atoms. The van der Waals surface area contributed by atoms with Gasteiger partial charge in [0.25, 0.3) is 0 Å². The largest absolute Gasteiger partial charge is 0.460 e. The minimum absolute atomic E-state index is 0.169. The fourth-order valence-electron chi connectivity index (χ4n) is 0.607. The van der Waals surface area contributed by atoms with E-state index in [1.54, 1.807) is 6.92 Å². The van der Waals surface area contributed by atoms with Crippen LogP contribution >= 0.6 is 11.8 Å². The Bertz CT molecular complexity index is 295. The highest BCUT2D eigenvalue weighted by atomic mass is 32.2. The second-order valence-corrected chi connectivity index (χ2v) is 3.45. The zero-order chi connectivity index (χ0) is 11.8. The fraction of sp³-hybridized carbons (Fsp3) is 0.444. The van der Waals surface area contributed by atoms with Crippen LogP contribution in [0.4, 0.5) is 0 Å². The molecule has 0 aromatic carbocycles. The number of thioether (sulfide) groups is 1. The summed E-state index contributed by atoms with van der Waals surface area (Å²) in [5.41, 5.74) is 0. The summed E-state index contributed by atoms with van der Waals surface area (Å²) in [5, 5.41) is 0.936. The van der Waals surface area contributed by atoms with Gasteiger partial charge in [-0.25, -0.2) is 4.79 Å². The Balaban J connectivity index is 4.56. The average molecular weight is 232 g/mol. The molecule has 0 bridgehead atoms. The molecule has 0 saturated carbocycles. The standard InChI is InChI=1S/C9H12O5S/c1-4-13-9(12)8(14-6(2)10)5-15-7(3)11/h5H,4H2,1-3H3. The van der Waals surface area contributed by atoms with Gasteiger partial charge in [-0.2, -0.15) is 0 Å². The van der Waals surface area contributed by atoms with Gasteiger partial charge in [-0.3, -0.25) is 9.59 Å². The lowest BCUT2D eigenvalue weighted by Gasteiger charge is -2.05.